The summed E-state index contributed by atoms with van der Waals surface area (Å²) in [6, 6.07) is 57.5. The van der Waals surface area contributed by atoms with Crippen LogP contribution in [0.15, 0.2) is 158 Å². The zero-order chi connectivity index (χ0) is 32.8. The van der Waals surface area contributed by atoms with Gasteiger partial charge in [0.25, 0.3) is 0 Å². The lowest BCUT2D eigenvalue weighted by atomic mass is 9.83. The molecule has 0 aliphatic heterocycles. The lowest BCUT2D eigenvalue weighted by molar-refractivity contribution is 0.874. The van der Waals surface area contributed by atoms with E-state index < -0.39 is 0 Å². The quantitative estimate of drug-likeness (QED) is 0.156. The van der Waals surface area contributed by atoms with Crippen LogP contribution in [0.2, 0.25) is 0 Å². The van der Waals surface area contributed by atoms with Crippen LogP contribution < -0.4 is 9.80 Å². The highest BCUT2D eigenvalue weighted by Gasteiger charge is 2.25. The van der Waals surface area contributed by atoms with Gasteiger partial charge in [-0.15, -0.1) is 0 Å². The Morgan fingerprint density at radius 1 is 0.333 bits per heavy atom. The second-order valence-electron chi connectivity index (χ2n) is 13.4. The summed E-state index contributed by atoms with van der Waals surface area (Å²) >= 11 is 0. The van der Waals surface area contributed by atoms with E-state index in [0.29, 0.717) is 11.8 Å². The number of benzene rings is 8. The van der Waals surface area contributed by atoms with E-state index in [9.17, 15) is 0 Å². The van der Waals surface area contributed by atoms with E-state index in [0.717, 1.165) is 22.7 Å². The molecule has 0 spiro atoms. The monoisotopic (exact) mass is 620 g/mol. The topological polar surface area (TPSA) is 6.48 Å². The van der Waals surface area contributed by atoms with Gasteiger partial charge in [0.05, 0.1) is 11.4 Å². The SMILES string of the molecule is CC(C)c1cc2c(N(c3ccccc3)c3ccccc3)cc(C(C)C)c3ccc4c(N(c5ccccc5)c5ccccc5)ccc1c4c32. The average molecular weight is 621 g/mol. The Hall–Kier alpha value is -5.60. The van der Waals surface area contributed by atoms with E-state index in [4.69, 9.17) is 0 Å². The molecule has 48 heavy (non-hydrogen) atoms. The Morgan fingerprint density at radius 2 is 0.688 bits per heavy atom. The van der Waals surface area contributed by atoms with E-state index in [2.05, 4.69) is 195 Å². The molecule has 0 bridgehead atoms. The van der Waals surface area contributed by atoms with Crippen molar-refractivity contribution < 1.29 is 0 Å². The largest absolute Gasteiger partial charge is 0.310 e. The van der Waals surface area contributed by atoms with Gasteiger partial charge in [-0.05, 0) is 111 Å². The van der Waals surface area contributed by atoms with Crippen molar-refractivity contribution >= 4 is 66.4 Å². The number of para-hydroxylation sites is 4. The zero-order valence-electron chi connectivity index (χ0n) is 28.1. The average Bonchev–Trinajstić information content (AvgIpc) is 3.13. The molecule has 0 aromatic heterocycles. The molecule has 0 fully saturated rings. The van der Waals surface area contributed by atoms with Crippen LogP contribution in [-0.2, 0) is 0 Å². The molecule has 0 heterocycles. The molecular weight excluding hydrogens is 581 g/mol. The summed E-state index contributed by atoms with van der Waals surface area (Å²) in [5.41, 5.74) is 9.73. The molecule has 8 aromatic carbocycles. The molecule has 8 aromatic rings. The normalized spacial score (nSPS) is 11.7. The third-order valence-corrected chi connectivity index (χ3v) is 9.70. The maximum Gasteiger partial charge on any atom is 0.0543 e. The van der Waals surface area contributed by atoms with Crippen molar-refractivity contribution in [2.75, 3.05) is 9.80 Å². The summed E-state index contributed by atoms with van der Waals surface area (Å²) in [5, 5.41) is 7.90. The molecule has 0 saturated carbocycles. The van der Waals surface area contributed by atoms with Crippen LogP contribution in [0.5, 0.6) is 0 Å². The van der Waals surface area contributed by atoms with Crippen LogP contribution in [-0.4, -0.2) is 0 Å². The Labute approximate surface area is 283 Å². The van der Waals surface area contributed by atoms with Gasteiger partial charge < -0.3 is 9.80 Å². The van der Waals surface area contributed by atoms with E-state index in [1.165, 1.54) is 54.8 Å². The third-order valence-electron chi connectivity index (χ3n) is 9.70. The first-order chi connectivity index (χ1) is 23.5. The van der Waals surface area contributed by atoms with Crippen molar-refractivity contribution in [1.82, 2.24) is 0 Å². The van der Waals surface area contributed by atoms with Gasteiger partial charge in [-0.3, -0.25) is 0 Å². The van der Waals surface area contributed by atoms with Crippen LogP contribution in [0, 0.1) is 0 Å². The molecule has 0 N–H and O–H groups in total. The number of hydrogen-bond donors (Lipinski definition) is 0. The summed E-state index contributed by atoms with van der Waals surface area (Å²) < 4.78 is 0. The predicted octanol–water partition coefficient (Wildman–Crippen LogP) is 13.8. The second kappa shape index (κ2) is 12.2. The predicted molar refractivity (Wildman–Crippen MR) is 208 cm³/mol. The summed E-state index contributed by atoms with van der Waals surface area (Å²) in [5.74, 6) is 0.692. The van der Waals surface area contributed by atoms with Crippen molar-refractivity contribution in [3.05, 3.63) is 169 Å². The molecule has 0 amide bonds. The molecule has 0 aliphatic carbocycles. The second-order valence-corrected chi connectivity index (χ2v) is 13.4. The number of rotatable bonds is 8. The summed E-state index contributed by atoms with van der Waals surface area (Å²) in [6.45, 7) is 9.29. The molecule has 0 radical (unpaired) electrons. The Balaban J connectivity index is 1.53. The third kappa shape index (κ3) is 4.96. The van der Waals surface area contributed by atoms with Crippen molar-refractivity contribution in [3.8, 4) is 0 Å². The highest BCUT2D eigenvalue weighted by molar-refractivity contribution is 6.29. The van der Waals surface area contributed by atoms with Gasteiger partial charge in [-0.25, -0.2) is 0 Å². The molecule has 0 atom stereocenters. The Bertz CT molecular complexity index is 2240. The molecule has 8 rings (SSSR count). The fourth-order valence-electron chi connectivity index (χ4n) is 7.50. The smallest absolute Gasteiger partial charge is 0.0543 e. The van der Waals surface area contributed by atoms with Gasteiger partial charge in [-0.2, -0.15) is 0 Å². The maximum absolute atomic E-state index is 2.49. The van der Waals surface area contributed by atoms with Gasteiger partial charge in [0.15, 0.2) is 0 Å². The minimum absolute atomic E-state index is 0.343. The van der Waals surface area contributed by atoms with Crippen LogP contribution in [0.4, 0.5) is 34.1 Å². The van der Waals surface area contributed by atoms with E-state index in [1.54, 1.807) is 0 Å². The number of nitrogens with zero attached hydrogens (tertiary/aromatic N) is 2. The highest BCUT2D eigenvalue weighted by Crippen LogP contribution is 2.50. The summed E-state index contributed by atoms with van der Waals surface area (Å²) in [7, 11) is 0. The van der Waals surface area contributed by atoms with E-state index in [1.807, 2.05) is 0 Å². The minimum atomic E-state index is 0.343. The first kappa shape index (κ1) is 29.8. The first-order valence-electron chi connectivity index (χ1n) is 17.1. The van der Waals surface area contributed by atoms with Gasteiger partial charge >= 0.3 is 0 Å². The molecule has 234 valence electrons. The molecule has 0 unspecified atom stereocenters. The minimum Gasteiger partial charge on any atom is -0.310 e. The standard InChI is InChI=1S/C46H40N2/c1-31(2)40-29-42-44(48(35-21-13-7-14-22-35)36-23-15-8-16-24-36)30-41(32(3)4)37-25-26-39-43(28-27-38(40)45(39)46(37)42)47(33-17-9-5-10-18-33)34-19-11-6-12-20-34/h5-32H,1-4H3. The van der Waals surface area contributed by atoms with Crippen molar-refractivity contribution in [2.45, 2.75) is 39.5 Å². The molecule has 0 saturated heterocycles. The maximum atomic E-state index is 2.49. The fourth-order valence-corrected chi connectivity index (χ4v) is 7.50. The number of anilines is 6. The van der Waals surface area contributed by atoms with Gasteiger partial charge in [0.1, 0.15) is 0 Å². The van der Waals surface area contributed by atoms with Crippen molar-refractivity contribution in [2.24, 2.45) is 0 Å². The van der Waals surface area contributed by atoms with Gasteiger partial charge in [0, 0.05) is 33.5 Å². The van der Waals surface area contributed by atoms with Crippen LogP contribution >= 0.6 is 0 Å². The van der Waals surface area contributed by atoms with Crippen molar-refractivity contribution in [3.63, 3.8) is 0 Å². The van der Waals surface area contributed by atoms with E-state index in [-0.39, 0.29) is 0 Å². The summed E-state index contributed by atoms with van der Waals surface area (Å²) in [4.78, 5) is 4.86. The van der Waals surface area contributed by atoms with E-state index >= 15 is 0 Å². The van der Waals surface area contributed by atoms with Gasteiger partial charge in [0.2, 0.25) is 0 Å². The summed E-state index contributed by atoms with van der Waals surface area (Å²) in [6.07, 6.45) is 0. The molecule has 2 nitrogen and oxygen atoms in total. The highest BCUT2D eigenvalue weighted by atomic mass is 15.1. The van der Waals surface area contributed by atoms with Crippen LogP contribution in [0.3, 0.4) is 0 Å². The molecule has 0 aliphatic rings. The lowest BCUT2D eigenvalue weighted by Crippen LogP contribution is -2.12. The first-order valence-corrected chi connectivity index (χ1v) is 17.1. The van der Waals surface area contributed by atoms with Crippen molar-refractivity contribution in [1.29, 1.82) is 0 Å². The number of hydrogen-bond acceptors (Lipinski definition) is 2. The van der Waals surface area contributed by atoms with Gasteiger partial charge in [-0.1, -0.05) is 119 Å². The molecular formula is C46H40N2. The van der Waals surface area contributed by atoms with Crippen LogP contribution in [0.25, 0.3) is 32.3 Å². The fraction of sp³-hybridized carbons (Fsp3) is 0.130. The zero-order valence-corrected chi connectivity index (χ0v) is 28.1. The Kier molecular flexibility index (Phi) is 7.57. The lowest BCUT2D eigenvalue weighted by Gasteiger charge is -2.31. The van der Waals surface area contributed by atoms with Crippen LogP contribution in [0.1, 0.15) is 50.7 Å². The molecule has 2 heteroatoms. The Morgan fingerprint density at radius 3 is 1.12 bits per heavy atom.